The molecule has 0 bridgehead atoms. The first-order valence-corrected chi connectivity index (χ1v) is 11.0. The van der Waals surface area contributed by atoms with Crippen molar-refractivity contribution in [3.8, 4) is 0 Å². The van der Waals surface area contributed by atoms with Gasteiger partial charge in [0.2, 0.25) is 0 Å². The van der Waals surface area contributed by atoms with Gasteiger partial charge in [-0.1, -0.05) is 0 Å². The van der Waals surface area contributed by atoms with Crippen LogP contribution in [0.4, 0.5) is 11.5 Å². The molecule has 2 aliphatic heterocycles. The van der Waals surface area contributed by atoms with Crippen molar-refractivity contribution >= 4 is 33.7 Å². The van der Waals surface area contributed by atoms with Crippen molar-refractivity contribution < 1.29 is 4.74 Å². The molecule has 1 atom stereocenters. The Morgan fingerprint density at radius 2 is 2.00 bits per heavy atom. The molecule has 2 fully saturated rings. The second-order valence-electron chi connectivity index (χ2n) is 7.58. The first kappa shape index (κ1) is 17.8. The molecule has 1 aromatic carbocycles. The normalized spacial score (nSPS) is 20.6. The minimum atomic E-state index is 0.637. The number of anilines is 2. The summed E-state index contributed by atoms with van der Waals surface area (Å²) in [7, 11) is 0. The number of nitrogens with zero attached hydrogens (tertiary/aromatic N) is 5. The van der Waals surface area contributed by atoms with Crippen LogP contribution in [0.25, 0.3) is 10.9 Å². The van der Waals surface area contributed by atoms with Crippen LogP contribution in [0.3, 0.4) is 0 Å². The zero-order valence-corrected chi connectivity index (χ0v) is 16.8. The summed E-state index contributed by atoms with van der Waals surface area (Å²) in [5.74, 6) is 1.71. The van der Waals surface area contributed by atoms with Crippen LogP contribution in [0.1, 0.15) is 17.8 Å². The third-order valence-corrected chi connectivity index (χ3v) is 6.54. The minimum absolute atomic E-state index is 0.637. The van der Waals surface area contributed by atoms with Crippen LogP contribution in [0.2, 0.25) is 0 Å². The van der Waals surface area contributed by atoms with Gasteiger partial charge in [-0.05, 0) is 37.0 Å². The third kappa shape index (κ3) is 3.69. The van der Waals surface area contributed by atoms with Gasteiger partial charge in [0.25, 0.3) is 0 Å². The molecular formula is C21H25N5OS. The van der Waals surface area contributed by atoms with E-state index in [2.05, 4.69) is 48.3 Å². The summed E-state index contributed by atoms with van der Waals surface area (Å²) in [5.41, 5.74) is 2.25. The van der Waals surface area contributed by atoms with Crippen LogP contribution in [0.5, 0.6) is 0 Å². The lowest BCUT2D eigenvalue weighted by molar-refractivity contribution is 0.122. The van der Waals surface area contributed by atoms with E-state index in [-0.39, 0.29) is 0 Å². The molecule has 0 aliphatic carbocycles. The Bertz CT molecular complexity index is 926. The maximum absolute atomic E-state index is 5.48. The summed E-state index contributed by atoms with van der Waals surface area (Å²) in [6.45, 7) is 5.56. The molecule has 6 nitrogen and oxygen atoms in total. The van der Waals surface area contributed by atoms with Crippen molar-refractivity contribution in [1.29, 1.82) is 0 Å². The molecule has 146 valence electrons. The quantitative estimate of drug-likeness (QED) is 0.675. The van der Waals surface area contributed by atoms with Crippen LogP contribution in [0.15, 0.2) is 36.1 Å². The maximum Gasteiger partial charge on any atom is 0.139 e. The summed E-state index contributed by atoms with van der Waals surface area (Å²) in [6, 6.07) is 6.60. The van der Waals surface area contributed by atoms with E-state index in [0.29, 0.717) is 5.92 Å². The molecule has 0 N–H and O–H groups in total. The first-order valence-electron chi connectivity index (χ1n) is 10.1. The summed E-state index contributed by atoms with van der Waals surface area (Å²) < 4.78 is 5.48. The lowest BCUT2D eigenvalue weighted by Crippen LogP contribution is -2.37. The molecule has 3 aromatic rings. The van der Waals surface area contributed by atoms with Gasteiger partial charge in [-0.15, -0.1) is 11.3 Å². The SMILES string of the molecule is c1csc(CC2CCCN(c3ncnc4cc(N5CCOCC5)ccc34)C2)n1. The van der Waals surface area contributed by atoms with Crippen molar-refractivity contribution in [2.24, 2.45) is 5.92 Å². The fourth-order valence-corrected chi connectivity index (χ4v) is 5.06. The summed E-state index contributed by atoms with van der Waals surface area (Å²) in [5, 5.41) is 4.46. The molecule has 0 amide bonds. The molecular weight excluding hydrogens is 370 g/mol. The highest BCUT2D eigenvalue weighted by Crippen LogP contribution is 2.31. The number of morpholine rings is 1. The van der Waals surface area contributed by atoms with E-state index in [1.165, 1.54) is 23.5 Å². The van der Waals surface area contributed by atoms with Gasteiger partial charge in [-0.3, -0.25) is 0 Å². The molecule has 2 aliphatic rings. The number of ether oxygens (including phenoxy) is 1. The average molecular weight is 396 g/mol. The Labute approximate surface area is 169 Å². The molecule has 0 spiro atoms. The van der Waals surface area contributed by atoms with E-state index in [1.54, 1.807) is 17.7 Å². The zero-order chi connectivity index (χ0) is 18.8. The fraction of sp³-hybridized carbons (Fsp3) is 0.476. The molecule has 2 saturated heterocycles. The number of rotatable bonds is 4. The van der Waals surface area contributed by atoms with Gasteiger partial charge >= 0.3 is 0 Å². The second kappa shape index (κ2) is 8.01. The number of hydrogen-bond donors (Lipinski definition) is 0. The smallest absolute Gasteiger partial charge is 0.139 e. The van der Waals surface area contributed by atoms with E-state index < -0.39 is 0 Å². The Balaban J connectivity index is 1.38. The monoisotopic (exact) mass is 395 g/mol. The number of piperidine rings is 1. The minimum Gasteiger partial charge on any atom is -0.378 e. The highest BCUT2D eigenvalue weighted by atomic mass is 32.1. The maximum atomic E-state index is 5.48. The summed E-state index contributed by atoms with van der Waals surface area (Å²) >= 11 is 1.76. The Morgan fingerprint density at radius 3 is 2.86 bits per heavy atom. The molecule has 7 heteroatoms. The molecule has 5 rings (SSSR count). The Kier molecular flexibility index (Phi) is 5.10. The highest BCUT2D eigenvalue weighted by molar-refractivity contribution is 7.09. The Morgan fingerprint density at radius 1 is 1.07 bits per heavy atom. The van der Waals surface area contributed by atoms with E-state index >= 15 is 0 Å². The summed E-state index contributed by atoms with van der Waals surface area (Å²) in [6.07, 6.45) is 7.15. The van der Waals surface area contributed by atoms with Gasteiger partial charge < -0.3 is 14.5 Å². The standard InChI is InChI=1S/C21H25N5OS/c1-2-16(12-20-22-5-11-28-20)14-26(6-1)21-18-4-3-17(13-19(18)23-15-24-21)25-7-9-27-10-8-25/h3-5,11,13,15-16H,1-2,6-10,12,14H2. The number of hydrogen-bond acceptors (Lipinski definition) is 7. The molecule has 4 heterocycles. The van der Waals surface area contributed by atoms with Crippen LogP contribution in [0, 0.1) is 5.92 Å². The van der Waals surface area contributed by atoms with Crippen molar-refractivity contribution in [3.05, 3.63) is 41.1 Å². The van der Waals surface area contributed by atoms with Crippen molar-refractivity contribution in [1.82, 2.24) is 15.0 Å². The zero-order valence-electron chi connectivity index (χ0n) is 16.0. The van der Waals surface area contributed by atoms with E-state index in [9.17, 15) is 0 Å². The summed E-state index contributed by atoms with van der Waals surface area (Å²) in [4.78, 5) is 18.5. The largest absolute Gasteiger partial charge is 0.378 e. The van der Waals surface area contributed by atoms with Crippen molar-refractivity contribution in [3.63, 3.8) is 0 Å². The van der Waals surface area contributed by atoms with E-state index in [1.807, 2.05) is 6.20 Å². The molecule has 28 heavy (non-hydrogen) atoms. The van der Waals surface area contributed by atoms with Crippen LogP contribution in [-0.4, -0.2) is 54.3 Å². The molecule has 0 radical (unpaired) electrons. The van der Waals surface area contributed by atoms with Gasteiger partial charge in [-0.25, -0.2) is 15.0 Å². The topological polar surface area (TPSA) is 54.4 Å². The van der Waals surface area contributed by atoms with Gasteiger partial charge in [0.05, 0.1) is 23.7 Å². The van der Waals surface area contributed by atoms with Crippen molar-refractivity contribution in [2.75, 3.05) is 49.2 Å². The first-order chi connectivity index (χ1) is 13.9. The van der Waals surface area contributed by atoms with E-state index in [0.717, 1.165) is 62.5 Å². The molecule has 2 aromatic heterocycles. The molecule has 1 unspecified atom stereocenters. The third-order valence-electron chi connectivity index (χ3n) is 5.74. The van der Waals surface area contributed by atoms with Crippen LogP contribution >= 0.6 is 11.3 Å². The van der Waals surface area contributed by atoms with Crippen LogP contribution in [-0.2, 0) is 11.2 Å². The Hall–Kier alpha value is -2.25. The highest BCUT2D eigenvalue weighted by Gasteiger charge is 2.23. The van der Waals surface area contributed by atoms with Gasteiger partial charge in [0, 0.05) is 55.3 Å². The predicted octanol–water partition coefficient (Wildman–Crippen LogP) is 3.38. The lowest BCUT2D eigenvalue weighted by Gasteiger charge is -2.34. The number of benzene rings is 1. The number of thiazole rings is 1. The number of aromatic nitrogens is 3. The van der Waals surface area contributed by atoms with Crippen molar-refractivity contribution in [2.45, 2.75) is 19.3 Å². The van der Waals surface area contributed by atoms with Gasteiger partial charge in [0.15, 0.2) is 0 Å². The molecule has 0 saturated carbocycles. The van der Waals surface area contributed by atoms with Crippen LogP contribution < -0.4 is 9.80 Å². The number of fused-ring (bicyclic) bond motifs is 1. The van der Waals surface area contributed by atoms with Gasteiger partial charge in [0.1, 0.15) is 12.1 Å². The lowest BCUT2D eigenvalue weighted by atomic mass is 9.95. The average Bonchev–Trinajstić information content (AvgIpc) is 3.27. The van der Waals surface area contributed by atoms with E-state index in [4.69, 9.17) is 4.74 Å². The fourth-order valence-electron chi connectivity index (χ4n) is 4.33. The second-order valence-corrected chi connectivity index (χ2v) is 8.56. The predicted molar refractivity (Wildman–Crippen MR) is 113 cm³/mol. The van der Waals surface area contributed by atoms with Gasteiger partial charge in [-0.2, -0.15) is 0 Å².